The molecule has 1 heterocycles. The predicted octanol–water partition coefficient (Wildman–Crippen LogP) is 5.49. The Morgan fingerprint density at radius 1 is 1.10 bits per heavy atom. The number of thiazole rings is 1. The third-order valence-corrected chi connectivity index (χ3v) is 4.98. The molecule has 1 aromatic heterocycles. The summed E-state index contributed by atoms with van der Waals surface area (Å²) in [6.07, 6.45) is -3.31. The Labute approximate surface area is 170 Å². The molecule has 0 saturated carbocycles. The Balaban J connectivity index is 1.55. The molecular weight excluding hydrogens is 401 g/mol. The van der Waals surface area contributed by atoms with Gasteiger partial charge in [0.05, 0.1) is 12.1 Å². The molecule has 29 heavy (non-hydrogen) atoms. The fraction of sp³-hybridized carbons (Fsp3) is 0.238. The van der Waals surface area contributed by atoms with E-state index in [-0.39, 0.29) is 18.1 Å². The van der Waals surface area contributed by atoms with Crippen molar-refractivity contribution >= 4 is 22.9 Å². The van der Waals surface area contributed by atoms with E-state index in [2.05, 4.69) is 34.1 Å². The number of nitrogens with zero attached hydrogens (tertiary/aromatic N) is 1. The van der Waals surface area contributed by atoms with Gasteiger partial charge >= 0.3 is 6.18 Å². The number of rotatable bonds is 7. The zero-order chi connectivity index (χ0) is 20.9. The number of carbonyl (C=O) groups is 1. The average Bonchev–Trinajstić information content (AvgIpc) is 3.15. The van der Waals surface area contributed by atoms with Gasteiger partial charge in [0.25, 0.3) is 0 Å². The van der Waals surface area contributed by atoms with Crippen LogP contribution in [0.2, 0.25) is 0 Å². The number of halogens is 3. The van der Waals surface area contributed by atoms with Gasteiger partial charge in [0.2, 0.25) is 5.91 Å². The Kier molecular flexibility index (Phi) is 6.53. The lowest BCUT2D eigenvalue weighted by atomic mass is 10.1. The summed E-state index contributed by atoms with van der Waals surface area (Å²) in [4.78, 5) is 16.7. The minimum absolute atomic E-state index is 0.0820. The number of aromatic nitrogens is 1. The van der Waals surface area contributed by atoms with E-state index in [9.17, 15) is 18.0 Å². The number of alkyl halides is 3. The maximum atomic E-state index is 12.2. The lowest BCUT2D eigenvalue weighted by Gasteiger charge is -2.10. The van der Waals surface area contributed by atoms with Crippen molar-refractivity contribution in [3.8, 4) is 16.3 Å². The summed E-state index contributed by atoms with van der Waals surface area (Å²) in [6.45, 7) is 0.740. The van der Waals surface area contributed by atoms with Crippen LogP contribution in [0.15, 0.2) is 53.9 Å². The molecule has 0 bridgehead atoms. The zero-order valence-electron chi connectivity index (χ0n) is 15.6. The summed E-state index contributed by atoms with van der Waals surface area (Å²) in [7, 11) is 0. The number of ether oxygens (including phenoxy) is 1. The highest BCUT2D eigenvalue weighted by molar-refractivity contribution is 7.13. The molecule has 0 aliphatic carbocycles. The molecule has 2 aromatic carbocycles. The van der Waals surface area contributed by atoms with Crippen LogP contribution in [0.3, 0.4) is 0 Å². The fourth-order valence-corrected chi connectivity index (χ4v) is 3.40. The van der Waals surface area contributed by atoms with Gasteiger partial charge in [-0.25, -0.2) is 4.98 Å². The topological polar surface area (TPSA) is 51.2 Å². The van der Waals surface area contributed by atoms with Crippen molar-refractivity contribution in [3.05, 3.63) is 65.2 Å². The van der Waals surface area contributed by atoms with Crippen LogP contribution in [-0.2, 0) is 17.6 Å². The first-order chi connectivity index (χ1) is 13.8. The van der Waals surface area contributed by atoms with Gasteiger partial charge in [-0.3, -0.25) is 4.79 Å². The molecule has 152 valence electrons. The summed E-state index contributed by atoms with van der Waals surface area (Å²) in [6, 6.07) is 13.9. The molecule has 0 aliphatic heterocycles. The zero-order valence-corrected chi connectivity index (χ0v) is 16.4. The SMILES string of the molecule is CCc1ccc(-c2nc(CC(=O)Nc3ccc(OCC(F)(F)F)cc3)cs2)cc1. The quantitative estimate of drug-likeness (QED) is 0.550. The molecule has 0 atom stereocenters. The van der Waals surface area contributed by atoms with Gasteiger partial charge in [0.1, 0.15) is 10.8 Å². The van der Waals surface area contributed by atoms with Gasteiger partial charge in [0, 0.05) is 16.6 Å². The largest absolute Gasteiger partial charge is 0.484 e. The van der Waals surface area contributed by atoms with Crippen LogP contribution in [0.5, 0.6) is 5.75 Å². The predicted molar refractivity (Wildman–Crippen MR) is 107 cm³/mol. The van der Waals surface area contributed by atoms with Crippen LogP contribution >= 0.6 is 11.3 Å². The highest BCUT2D eigenvalue weighted by Crippen LogP contribution is 2.25. The molecule has 1 amide bonds. The van der Waals surface area contributed by atoms with Gasteiger partial charge in [-0.1, -0.05) is 31.2 Å². The molecule has 8 heteroatoms. The second kappa shape index (κ2) is 9.09. The molecule has 0 fully saturated rings. The monoisotopic (exact) mass is 420 g/mol. The minimum atomic E-state index is -4.39. The van der Waals surface area contributed by atoms with Gasteiger partial charge < -0.3 is 10.1 Å². The number of nitrogens with one attached hydrogen (secondary N) is 1. The molecule has 4 nitrogen and oxygen atoms in total. The fourth-order valence-electron chi connectivity index (χ4n) is 2.57. The van der Waals surface area contributed by atoms with Crippen molar-refractivity contribution in [2.75, 3.05) is 11.9 Å². The Morgan fingerprint density at radius 3 is 2.41 bits per heavy atom. The summed E-state index contributed by atoms with van der Waals surface area (Å²) in [5, 5.41) is 5.39. The van der Waals surface area contributed by atoms with E-state index in [1.807, 2.05) is 17.5 Å². The lowest BCUT2D eigenvalue weighted by molar-refractivity contribution is -0.153. The van der Waals surface area contributed by atoms with Gasteiger partial charge in [0.15, 0.2) is 6.61 Å². The van der Waals surface area contributed by atoms with Crippen LogP contribution in [0.25, 0.3) is 10.6 Å². The average molecular weight is 420 g/mol. The van der Waals surface area contributed by atoms with Crippen LogP contribution in [0, 0.1) is 0 Å². The van der Waals surface area contributed by atoms with E-state index in [1.165, 1.54) is 41.2 Å². The highest BCUT2D eigenvalue weighted by atomic mass is 32.1. The summed E-state index contributed by atoms with van der Waals surface area (Å²) < 4.78 is 41.1. The smallest absolute Gasteiger partial charge is 0.422 e. The number of anilines is 1. The van der Waals surface area contributed by atoms with E-state index in [0.717, 1.165) is 17.0 Å². The van der Waals surface area contributed by atoms with Gasteiger partial charge in [-0.15, -0.1) is 11.3 Å². The minimum Gasteiger partial charge on any atom is -0.484 e. The molecule has 3 rings (SSSR count). The van der Waals surface area contributed by atoms with E-state index in [0.29, 0.717) is 11.4 Å². The first-order valence-corrected chi connectivity index (χ1v) is 9.83. The molecule has 0 spiro atoms. The van der Waals surface area contributed by atoms with Gasteiger partial charge in [-0.05, 0) is 36.2 Å². The van der Waals surface area contributed by atoms with Crippen LogP contribution in [0.4, 0.5) is 18.9 Å². The summed E-state index contributed by atoms with van der Waals surface area (Å²) in [5.74, 6) is -0.175. The number of hydrogen-bond acceptors (Lipinski definition) is 4. The molecule has 0 unspecified atom stereocenters. The first-order valence-electron chi connectivity index (χ1n) is 8.95. The summed E-state index contributed by atoms with van der Waals surface area (Å²) >= 11 is 1.47. The van der Waals surface area contributed by atoms with E-state index in [4.69, 9.17) is 0 Å². The Morgan fingerprint density at radius 2 is 1.79 bits per heavy atom. The first kappa shape index (κ1) is 20.9. The van der Waals surface area contributed by atoms with Crippen LogP contribution in [0.1, 0.15) is 18.2 Å². The van der Waals surface area contributed by atoms with Crippen molar-refractivity contribution in [1.29, 1.82) is 0 Å². The molecule has 1 N–H and O–H groups in total. The number of amides is 1. The third-order valence-electron chi connectivity index (χ3n) is 4.04. The third kappa shape index (κ3) is 6.32. The normalized spacial score (nSPS) is 11.3. The van der Waals surface area contributed by atoms with Crippen LogP contribution < -0.4 is 10.1 Å². The van der Waals surface area contributed by atoms with Crippen molar-refractivity contribution in [2.24, 2.45) is 0 Å². The number of aryl methyl sites for hydroxylation is 1. The molecule has 3 aromatic rings. The second-order valence-electron chi connectivity index (χ2n) is 6.35. The van der Waals surface area contributed by atoms with Crippen molar-refractivity contribution in [3.63, 3.8) is 0 Å². The lowest BCUT2D eigenvalue weighted by Crippen LogP contribution is -2.19. The van der Waals surface area contributed by atoms with E-state index in [1.54, 1.807) is 0 Å². The maximum Gasteiger partial charge on any atom is 0.422 e. The van der Waals surface area contributed by atoms with Gasteiger partial charge in [-0.2, -0.15) is 13.2 Å². The second-order valence-corrected chi connectivity index (χ2v) is 7.21. The van der Waals surface area contributed by atoms with Crippen LogP contribution in [-0.4, -0.2) is 23.7 Å². The van der Waals surface area contributed by atoms with E-state index < -0.39 is 12.8 Å². The molecule has 0 radical (unpaired) electrons. The standard InChI is InChI=1S/C21H19F3N2O2S/c1-2-14-3-5-15(6-4-14)20-26-17(12-29-20)11-19(27)25-16-7-9-18(10-8-16)28-13-21(22,23)24/h3-10,12H,2,11,13H2,1H3,(H,25,27). The Bertz CT molecular complexity index is 951. The molecule has 0 aliphatic rings. The number of hydrogen-bond donors (Lipinski definition) is 1. The van der Waals surface area contributed by atoms with Crippen molar-refractivity contribution in [1.82, 2.24) is 4.98 Å². The summed E-state index contributed by atoms with van der Waals surface area (Å²) in [5.41, 5.74) is 3.39. The number of benzene rings is 2. The van der Waals surface area contributed by atoms with Crippen molar-refractivity contribution in [2.45, 2.75) is 25.9 Å². The number of carbonyl (C=O) groups excluding carboxylic acids is 1. The Hall–Kier alpha value is -2.87. The maximum absolute atomic E-state index is 12.2. The highest BCUT2D eigenvalue weighted by Gasteiger charge is 2.28. The molecule has 0 saturated heterocycles. The van der Waals surface area contributed by atoms with E-state index >= 15 is 0 Å². The van der Waals surface area contributed by atoms with Crippen molar-refractivity contribution < 1.29 is 22.7 Å². The molecular formula is C21H19F3N2O2S.